The number of rotatable bonds is 5. The molecule has 1 fully saturated rings. The van der Waals surface area contributed by atoms with Crippen molar-refractivity contribution in [2.75, 3.05) is 19.6 Å². The summed E-state index contributed by atoms with van der Waals surface area (Å²) in [5.41, 5.74) is 0.801. The van der Waals surface area contributed by atoms with Gasteiger partial charge in [0.2, 0.25) is 0 Å². The highest BCUT2D eigenvalue weighted by molar-refractivity contribution is 5.76. The van der Waals surface area contributed by atoms with Gasteiger partial charge in [-0.3, -0.25) is 14.3 Å². The highest BCUT2D eigenvalue weighted by Crippen LogP contribution is 2.14. The van der Waals surface area contributed by atoms with Crippen LogP contribution >= 0.6 is 0 Å². The Labute approximate surface area is 130 Å². The third kappa shape index (κ3) is 3.36. The maximum absolute atomic E-state index is 12.4. The molecule has 1 aromatic carbocycles. The van der Waals surface area contributed by atoms with Gasteiger partial charge in [-0.25, -0.2) is 4.98 Å². The molecular formula is C17H23N3O2. The molecule has 0 spiro atoms. The molecule has 22 heavy (non-hydrogen) atoms. The number of likely N-dealkylation sites (tertiary alicyclic amines) is 1. The van der Waals surface area contributed by atoms with Crippen LogP contribution in [0.4, 0.5) is 0 Å². The Morgan fingerprint density at radius 3 is 2.95 bits per heavy atom. The van der Waals surface area contributed by atoms with Crippen molar-refractivity contribution in [2.45, 2.75) is 39.0 Å². The molecule has 0 N–H and O–H groups in total. The zero-order chi connectivity index (χ0) is 15.5. The fourth-order valence-electron chi connectivity index (χ4n) is 3.01. The van der Waals surface area contributed by atoms with Crippen LogP contribution in [-0.4, -0.2) is 46.3 Å². The van der Waals surface area contributed by atoms with Crippen LogP contribution in [0.25, 0.3) is 10.9 Å². The number of hydrogen-bond acceptors (Lipinski definition) is 4. The summed E-state index contributed by atoms with van der Waals surface area (Å²) >= 11 is 0. The second kappa shape index (κ2) is 6.58. The lowest BCUT2D eigenvalue weighted by Crippen LogP contribution is -2.31. The molecule has 5 heteroatoms. The summed E-state index contributed by atoms with van der Waals surface area (Å²) in [5, 5.41) is 0.687. The van der Waals surface area contributed by atoms with E-state index in [4.69, 9.17) is 4.74 Å². The third-order valence-corrected chi connectivity index (χ3v) is 4.08. The summed E-state index contributed by atoms with van der Waals surface area (Å²) < 4.78 is 7.56. The maximum Gasteiger partial charge on any atom is 0.261 e. The first kappa shape index (κ1) is 15.2. The highest BCUT2D eigenvalue weighted by atomic mass is 16.5. The van der Waals surface area contributed by atoms with Crippen LogP contribution in [0.5, 0.6) is 0 Å². The molecule has 3 rings (SSSR count). The van der Waals surface area contributed by atoms with E-state index >= 15 is 0 Å². The SMILES string of the molecule is CC(C)O[C@@H]1CCN(CCn2cnc3ccccc3c2=O)C1. The van der Waals surface area contributed by atoms with Gasteiger partial charge in [0.25, 0.3) is 5.56 Å². The fourth-order valence-corrected chi connectivity index (χ4v) is 3.01. The minimum Gasteiger partial charge on any atom is -0.374 e. The Balaban J connectivity index is 1.63. The zero-order valence-electron chi connectivity index (χ0n) is 13.2. The molecule has 1 saturated heterocycles. The molecule has 5 nitrogen and oxygen atoms in total. The predicted molar refractivity (Wildman–Crippen MR) is 87.1 cm³/mol. The maximum atomic E-state index is 12.4. The van der Waals surface area contributed by atoms with Gasteiger partial charge in [-0.05, 0) is 32.4 Å². The largest absolute Gasteiger partial charge is 0.374 e. The Hall–Kier alpha value is -1.72. The van der Waals surface area contributed by atoms with E-state index in [9.17, 15) is 4.79 Å². The summed E-state index contributed by atoms with van der Waals surface area (Å²) in [4.78, 5) is 19.1. The molecule has 1 aromatic heterocycles. The van der Waals surface area contributed by atoms with Gasteiger partial charge in [0, 0.05) is 26.2 Å². The molecule has 0 unspecified atom stereocenters. The van der Waals surface area contributed by atoms with E-state index in [1.54, 1.807) is 10.9 Å². The van der Waals surface area contributed by atoms with Gasteiger partial charge in [0.05, 0.1) is 29.4 Å². The van der Waals surface area contributed by atoms with Crippen LogP contribution in [0, 0.1) is 0 Å². The lowest BCUT2D eigenvalue weighted by atomic mass is 10.2. The van der Waals surface area contributed by atoms with Crippen molar-refractivity contribution in [3.8, 4) is 0 Å². The Kier molecular flexibility index (Phi) is 4.55. The molecular weight excluding hydrogens is 278 g/mol. The number of aromatic nitrogens is 2. The lowest BCUT2D eigenvalue weighted by Gasteiger charge is -2.18. The number of fused-ring (bicyclic) bond motifs is 1. The Morgan fingerprint density at radius 1 is 1.32 bits per heavy atom. The molecule has 2 aromatic rings. The number of ether oxygens (including phenoxy) is 1. The van der Waals surface area contributed by atoms with Crippen LogP contribution < -0.4 is 5.56 Å². The summed E-state index contributed by atoms with van der Waals surface area (Å²) in [6.45, 7) is 7.66. The normalized spacial score (nSPS) is 19.3. The van der Waals surface area contributed by atoms with Crippen molar-refractivity contribution < 1.29 is 4.74 Å². The van der Waals surface area contributed by atoms with Crippen LogP contribution in [0.15, 0.2) is 35.4 Å². The van der Waals surface area contributed by atoms with Gasteiger partial charge < -0.3 is 4.74 Å². The van der Waals surface area contributed by atoms with E-state index in [1.165, 1.54) is 0 Å². The van der Waals surface area contributed by atoms with Crippen molar-refractivity contribution >= 4 is 10.9 Å². The molecule has 0 aliphatic carbocycles. The average Bonchev–Trinajstić information content (AvgIpc) is 2.93. The van der Waals surface area contributed by atoms with Gasteiger partial charge in [-0.15, -0.1) is 0 Å². The van der Waals surface area contributed by atoms with E-state index in [0.717, 1.165) is 31.6 Å². The fraction of sp³-hybridized carbons (Fsp3) is 0.529. The third-order valence-electron chi connectivity index (χ3n) is 4.08. The number of benzene rings is 1. The number of para-hydroxylation sites is 1. The molecule has 1 atom stereocenters. The van der Waals surface area contributed by atoms with E-state index < -0.39 is 0 Å². The average molecular weight is 301 g/mol. The van der Waals surface area contributed by atoms with Crippen LogP contribution in [0.2, 0.25) is 0 Å². The molecule has 0 bridgehead atoms. The van der Waals surface area contributed by atoms with Gasteiger partial charge >= 0.3 is 0 Å². The van der Waals surface area contributed by atoms with Crippen LogP contribution in [-0.2, 0) is 11.3 Å². The summed E-state index contributed by atoms with van der Waals surface area (Å²) in [5.74, 6) is 0. The number of nitrogens with zero attached hydrogens (tertiary/aromatic N) is 3. The van der Waals surface area contributed by atoms with E-state index in [1.807, 2.05) is 24.3 Å². The second-order valence-electron chi connectivity index (χ2n) is 6.16. The van der Waals surface area contributed by atoms with Gasteiger partial charge in [0.1, 0.15) is 0 Å². The minimum absolute atomic E-state index is 0.0415. The molecule has 0 radical (unpaired) electrons. The molecule has 0 saturated carbocycles. The lowest BCUT2D eigenvalue weighted by molar-refractivity contribution is 0.0139. The first-order chi connectivity index (χ1) is 10.6. The Morgan fingerprint density at radius 2 is 2.14 bits per heavy atom. The summed E-state index contributed by atoms with van der Waals surface area (Å²) in [6, 6.07) is 7.49. The van der Waals surface area contributed by atoms with Crippen molar-refractivity contribution in [1.82, 2.24) is 14.5 Å². The standard InChI is InChI=1S/C17H23N3O2/c1-13(2)22-14-7-8-19(11-14)9-10-20-12-18-16-6-4-3-5-15(16)17(20)21/h3-6,12-14H,7-11H2,1-2H3/t14-/m1/s1. The minimum atomic E-state index is 0.0415. The zero-order valence-corrected chi connectivity index (χ0v) is 13.2. The molecule has 0 amide bonds. The van der Waals surface area contributed by atoms with E-state index in [-0.39, 0.29) is 11.7 Å². The predicted octanol–water partition coefficient (Wildman–Crippen LogP) is 1.90. The van der Waals surface area contributed by atoms with Gasteiger partial charge in [-0.1, -0.05) is 12.1 Å². The summed E-state index contributed by atoms with van der Waals surface area (Å²) in [7, 11) is 0. The van der Waals surface area contributed by atoms with Crippen LogP contribution in [0.1, 0.15) is 20.3 Å². The van der Waals surface area contributed by atoms with Crippen molar-refractivity contribution in [1.29, 1.82) is 0 Å². The first-order valence-corrected chi connectivity index (χ1v) is 7.95. The monoisotopic (exact) mass is 301 g/mol. The van der Waals surface area contributed by atoms with E-state index in [0.29, 0.717) is 18.0 Å². The van der Waals surface area contributed by atoms with Gasteiger partial charge in [0.15, 0.2) is 0 Å². The van der Waals surface area contributed by atoms with Crippen molar-refractivity contribution in [3.63, 3.8) is 0 Å². The molecule has 1 aliphatic rings. The molecule has 1 aliphatic heterocycles. The first-order valence-electron chi connectivity index (χ1n) is 7.95. The topological polar surface area (TPSA) is 47.4 Å². The second-order valence-corrected chi connectivity index (χ2v) is 6.16. The van der Waals surface area contributed by atoms with Crippen LogP contribution in [0.3, 0.4) is 0 Å². The van der Waals surface area contributed by atoms with Crippen molar-refractivity contribution in [2.24, 2.45) is 0 Å². The highest BCUT2D eigenvalue weighted by Gasteiger charge is 2.23. The van der Waals surface area contributed by atoms with Crippen molar-refractivity contribution in [3.05, 3.63) is 40.9 Å². The molecule has 118 valence electrons. The summed E-state index contributed by atoms with van der Waals surface area (Å²) in [6.07, 6.45) is 3.33. The van der Waals surface area contributed by atoms with Gasteiger partial charge in [-0.2, -0.15) is 0 Å². The quantitative estimate of drug-likeness (QED) is 0.846. The Bertz CT molecular complexity index is 696. The van der Waals surface area contributed by atoms with E-state index in [2.05, 4.69) is 23.7 Å². The number of hydrogen-bond donors (Lipinski definition) is 0. The smallest absolute Gasteiger partial charge is 0.261 e. The molecule has 2 heterocycles.